The number of hydrogen-bond acceptors (Lipinski definition) is 3. The minimum atomic E-state index is -0.0883. The summed E-state index contributed by atoms with van der Waals surface area (Å²) < 4.78 is 6.69. The maximum Gasteiger partial charge on any atom is 0.252 e. The van der Waals surface area contributed by atoms with E-state index < -0.39 is 0 Å². The van der Waals surface area contributed by atoms with Crippen molar-refractivity contribution in [3.63, 3.8) is 0 Å². The van der Waals surface area contributed by atoms with Crippen molar-refractivity contribution in [2.24, 2.45) is 0 Å². The van der Waals surface area contributed by atoms with Crippen molar-refractivity contribution in [1.29, 1.82) is 0 Å². The molecule has 0 fully saturated rings. The molecular weight excluding hydrogens is 403 g/mol. The van der Waals surface area contributed by atoms with Gasteiger partial charge in [0, 0.05) is 15.2 Å². The van der Waals surface area contributed by atoms with Crippen molar-refractivity contribution in [2.45, 2.75) is 0 Å². The van der Waals surface area contributed by atoms with Crippen molar-refractivity contribution in [1.82, 2.24) is 10.3 Å². The molecule has 116 valence electrons. The fourth-order valence-corrected chi connectivity index (χ4v) is 2.89. The van der Waals surface area contributed by atoms with Gasteiger partial charge >= 0.3 is 0 Å². The molecule has 5 heteroatoms. The van der Waals surface area contributed by atoms with Gasteiger partial charge in [0.05, 0.1) is 12.1 Å². The van der Waals surface area contributed by atoms with E-state index in [-0.39, 0.29) is 5.91 Å². The van der Waals surface area contributed by atoms with Gasteiger partial charge in [-0.1, -0.05) is 30.3 Å². The molecule has 0 atom stereocenters. The molecule has 0 bridgehead atoms. The zero-order valence-electron chi connectivity index (χ0n) is 12.3. The summed E-state index contributed by atoms with van der Waals surface area (Å²) in [5.41, 5.74) is 1.51. The molecule has 0 spiro atoms. The largest absolute Gasteiger partial charge is 0.489 e. The van der Waals surface area contributed by atoms with Gasteiger partial charge in [-0.2, -0.15) is 0 Å². The van der Waals surface area contributed by atoms with E-state index in [0.29, 0.717) is 18.7 Å². The predicted molar refractivity (Wildman–Crippen MR) is 98.7 cm³/mol. The summed E-state index contributed by atoms with van der Waals surface area (Å²) in [5.74, 6) is 0.640. The second-order valence-corrected chi connectivity index (χ2v) is 6.08. The predicted octanol–water partition coefficient (Wildman–Crippen LogP) is 3.65. The second kappa shape index (κ2) is 7.41. The van der Waals surface area contributed by atoms with Gasteiger partial charge in [-0.25, -0.2) is 0 Å². The molecule has 4 nitrogen and oxygen atoms in total. The fourth-order valence-electron chi connectivity index (χ4n) is 2.26. The Bertz CT molecular complexity index is 831. The Kier molecular flexibility index (Phi) is 5.07. The summed E-state index contributed by atoms with van der Waals surface area (Å²) in [4.78, 5) is 16.4. The summed E-state index contributed by atoms with van der Waals surface area (Å²) in [5, 5.41) is 3.90. The van der Waals surface area contributed by atoms with Crippen LogP contribution >= 0.6 is 22.6 Å². The molecule has 1 aromatic heterocycles. The first-order valence-corrected chi connectivity index (χ1v) is 8.33. The highest BCUT2D eigenvalue weighted by molar-refractivity contribution is 14.1. The highest BCUT2D eigenvalue weighted by Crippen LogP contribution is 2.22. The standard InChI is InChI=1S/C18H15IN2O2/c19-15-8-2-1-7-14(15)18(22)21-11-12-23-16-9-3-5-13-6-4-10-20-17(13)16/h1-10H,11-12H2,(H,21,22). The van der Waals surface area contributed by atoms with Gasteiger partial charge in [0.25, 0.3) is 5.91 Å². The summed E-state index contributed by atoms with van der Waals surface area (Å²) in [6.07, 6.45) is 1.74. The lowest BCUT2D eigenvalue weighted by atomic mass is 10.2. The average Bonchev–Trinajstić information content (AvgIpc) is 2.59. The van der Waals surface area contributed by atoms with Crippen LogP contribution < -0.4 is 10.1 Å². The van der Waals surface area contributed by atoms with E-state index in [4.69, 9.17) is 4.74 Å². The van der Waals surface area contributed by atoms with Crippen LogP contribution in [0.15, 0.2) is 60.8 Å². The lowest BCUT2D eigenvalue weighted by Gasteiger charge is -2.10. The molecule has 0 aliphatic rings. The topological polar surface area (TPSA) is 51.2 Å². The van der Waals surface area contributed by atoms with E-state index in [1.54, 1.807) is 6.20 Å². The number of rotatable bonds is 5. The van der Waals surface area contributed by atoms with Gasteiger partial charge in [0.15, 0.2) is 0 Å². The number of nitrogens with zero attached hydrogens (tertiary/aromatic N) is 1. The summed E-state index contributed by atoms with van der Waals surface area (Å²) >= 11 is 2.16. The maximum atomic E-state index is 12.1. The van der Waals surface area contributed by atoms with Crippen LogP contribution in [0.25, 0.3) is 10.9 Å². The number of ether oxygens (including phenoxy) is 1. The number of para-hydroxylation sites is 1. The van der Waals surface area contributed by atoms with Crippen LogP contribution in [0.1, 0.15) is 10.4 Å². The monoisotopic (exact) mass is 418 g/mol. The highest BCUT2D eigenvalue weighted by Gasteiger charge is 2.08. The third-order valence-electron chi connectivity index (χ3n) is 3.36. The van der Waals surface area contributed by atoms with Gasteiger partial charge in [0.2, 0.25) is 0 Å². The summed E-state index contributed by atoms with van der Waals surface area (Å²) in [6, 6.07) is 17.2. The number of carbonyl (C=O) groups is 1. The lowest BCUT2D eigenvalue weighted by molar-refractivity contribution is 0.0946. The summed E-state index contributed by atoms with van der Waals surface area (Å²) in [7, 11) is 0. The molecule has 1 heterocycles. The number of fused-ring (bicyclic) bond motifs is 1. The molecule has 23 heavy (non-hydrogen) atoms. The quantitative estimate of drug-likeness (QED) is 0.509. The van der Waals surface area contributed by atoms with E-state index in [1.807, 2.05) is 54.6 Å². The number of nitrogens with one attached hydrogen (secondary N) is 1. The number of halogens is 1. The van der Waals surface area contributed by atoms with E-state index in [1.165, 1.54) is 0 Å². The maximum absolute atomic E-state index is 12.1. The van der Waals surface area contributed by atoms with Crippen LogP contribution in [0.5, 0.6) is 5.75 Å². The minimum Gasteiger partial charge on any atom is -0.489 e. The molecule has 0 radical (unpaired) electrons. The molecule has 0 saturated heterocycles. The SMILES string of the molecule is O=C(NCCOc1cccc2cccnc12)c1ccccc1I. The van der Waals surface area contributed by atoms with Gasteiger partial charge in [-0.3, -0.25) is 9.78 Å². The molecule has 2 aromatic carbocycles. The Morgan fingerprint density at radius 3 is 2.78 bits per heavy atom. The highest BCUT2D eigenvalue weighted by atomic mass is 127. The molecular formula is C18H15IN2O2. The first kappa shape index (κ1) is 15.7. The van der Waals surface area contributed by atoms with Gasteiger partial charge < -0.3 is 10.1 Å². The third-order valence-corrected chi connectivity index (χ3v) is 4.30. The zero-order chi connectivity index (χ0) is 16.1. The Hall–Kier alpha value is -2.15. The van der Waals surface area contributed by atoms with Crippen LogP contribution in [-0.4, -0.2) is 24.0 Å². The number of aromatic nitrogens is 1. The second-order valence-electron chi connectivity index (χ2n) is 4.92. The lowest BCUT2D eigenvalue weighted by Crippen LogP contribution is -2.28. The van der Waals surface area contributed by atoms with E-state index in [9.17, 15) is 4.79 Å². The van der Waals surface area contributed by atoms with E-state index in [0.717, 1.165) is 20.2 Å². The van der Waals surface area contributed by atoms with Gasteiger partial charge in [-0.15, -0.1) is 0 Å². The number of pyridine rings is 1. The molecule has 3 aromatic rings. The Balaban J connectivity index is 1.57. The van der Waals surface area contributed by atoms with E-state index in [2.05, 4.69) is 32.9 Å². The van der Waals surface area contributed by atoms with Crippen molar-refractivity contribution in [2.75, 3.05) is 13.2 Å². The van der Waals surface area contributed by atoms with Crippen LogP contribution in [0.4, 0.5) is 0 Å². The van der Waals surface area contributed by atoms with Gasteiger partial charge in [0.1, 0.15) is 17.9 Å². The summed E-state index contributed by atoms with van der Waals surface area (Å²) in [6.45, 7) is 0.831. The average molecular weight is 418 g/mol. The number of benzene rings is 2. The molecule has 0 aliphatic carbocycles. The molecule has 1 N–H and O–H groups in total. The van der Waals surface area contributed by atoms with Crippen molar-refractivity contribution in [3.8, 4) is 5.75 Å². The molecule has 1 amide bonds. The Morgan fingerprint density at radius 1 is 1.09 bits per heavy atom. The fraction of sp³-hybridized carbons (Fsp3) is 0.111. The number of hydrogen-bond donors (Lipinski definition) is 1. The van der Waals surface area contributed by atoms with Crippen LogP contribution in [0, 0.1) is 3.57 Å². The Morgan fingerprint density at radius 2 is 1.91 bits per heavy atom. The minimum absolute atomic E-state index is 0.0883. The Labute approximate surface area is 148 Å². The molecule has 3 rings (SSSR count). The first-order valence-electron chi connectivity index (χ1n) is 7.25. The van der Waals surface area contributed by atoms with Crippen LogP contribution in [0.3, 0.4) is 0 Å². The van der Waals surface area contributed by atoms with Crippen molar-refractivity contribution >= 4 is 39.4 Å². The normalized spacial score (nSPS) is 10.5. The first-order chi connectivity index (χ1) is 11.3. The van der Waals surface area contributed by atoms with E-state index >= 15 is 0 Å². The number of amides is 1. The molecule has 0 saturated carbocycles. The van der Waals surface area contributed by atoms with Crippen molar-refractivity contribution in [3.05, 3.63) is 69.9 Å². The van der Waals surface area contributed by atoms with Crippen molar-refractivity contribution < 1.29 is 9.53 Å². The third kappa shape index (κ3) is 3.79. The van der Waals surface area contributed by atoms with Crippen LogP contribution in [-0.2, 0) is 0 Å². The molecule has 0 aliphatic heterocycles. The van der Waals surface area contributed by atoms with Crippen LogP contribution in [0.2, 0.25) is 0 Å². The number of carbonyl (C=O) groups excluding carboxylic acids is 1. The smallest absolute Gasteiger partial charge is 0.252 e. The molecule has 0 unspecified atom stereocenters. The zero-order valence-corrected chi connectivity index (χ0v) is 14.5. The van der Waals surface area contributed by atoms with Gasteiger partial charge in [-0.05, 0) is 46.9 Å².